The lowest BCUT2D eigenvalue weighted by molar-refractivity contribution is -0.128. The molecule has 0 aliphatic carbocycles. The van der Waals surface area contributed by atoms with E-state index in [4.69, 9.17) is 0 Å². The molecule has 0 N–H and O–H groups in total. The molecular weight excluding hydrogens is 138 g/mol. The van der Waals surface area contributed by atoms with Crippen molar-refractivity contribution >= 4 is 5.91 Å². The van der Waals surface area contributed by atoms with Crippen molar-refractivity contribution in [1.29, 1.82) is 0 Å². The summed E-state index contributed by atoms with van der Waals surface area (Å²) in [5.74, 6) is 0.842. The largest absolute Gasteiger partial charge is 0.342 e. The first-order valence-electron chi connectivity index (χ1n) is 4.19. The predicted octanol–water partition coefficient (Wildman–Crippen LogP) is 1.51. The van der Waals surface area contributed by atoms with Gasteiger partial charge < -0.3 is 4.90 Å². The molecule has 2 nitrogen and oxygen atoms in total. The summed E-state index contributed by atoms with van der Waals surface area (Å²) < 4.78 is 0. The van der Waals surface area contributed by atoms with Crippen molar-refractivity contribution in [2.75, 3.05) is 13.1 Å². The lowest BCUT2D eigenvalue weighted by Gasteiger charge is -2.21. The van der Waals surface area contributed by atoms with Gasteiger partial charge in [-0.05, 0) is 11.3 Å². The molecule has 0 radical (unpaired) electrons. The molecule has 0 spiro atoms. The van der Waals surface area contributed by atoms with Crippen LogP contribution in [0.1, 0.15) is 27.7 Å². The Morgan fingerprint density at radius 1 is 1.55 bits per heavy atom. The molecule has 0 saturated carbocycles. The smallest absolute Gasteiger partial charge is 0.219 e. The highest BCUT2D eigenvalue weighted by molar-refractivity contribution is 5.73. The lowest BCUT2D eigenvalue weighted by atomic mass is 9.84. The van der Waals surface area contributed by atoms with Gasteiger partial charge in [-0.1, -0.05) is 20.8 Å². The molecule has 64 valence electrons. The van der Waals surface area contributed by atoms with Crippen LogP contribution in [0.3, 0.4) is 0 Å². The van der Waals surface area contributed by atoms with Gasteiger partial charge in [0.1, 0.15) is 0 Å². The van der Waals surface area contributed by atoms with Gasteiger partial charge in [-0.3, -0.25) is 4.79 Å². The van der Waals surface area contributed by atoms with E-state index in [0.717, 1.165) is 13.1 Å². The summed E-state index contributed by atoms with van der Waals surface area (Å²) in [4.78, 5) is 12.9. The fraction of sp³-hybridized carbons (Fsp3) is 0.889. The van der Waals surface area contributed by atoms with Crippen LogP contribution in [0.5, 0.6) is 0 Å². The third kappa shape index (κ3) is 1.55. The maximum atomic E-state index is 11.0. The molecule has 0 aromatic carbocycles. The third-order valence-corrected chi connectivity index (χ3v) is 2.87. The fourth-order valence-corrected chi connectivity index (χ4v) is 1.53. The van der Waals surface area contributed by atoms with Gasteiger partial charge in [-0.2, -0.15) is 0 Å². The second-order valence-corrected chi connectivity index (χ2v) is 4.29. The van der Waals surface area contributed by atoms with Crippen molar-refractivity contribution in [2.45, 2.75) is 27.7 Å². The van der Waals surface area contributed by atoms with Crippen molar-refractivity contribution in [3.63, 3.8) is 0 Å². The molecule has 1 aliphatic heterocycles. The highest BCUT2D eigenvalue weighted by Gasteiger charge is 2.37. The van der Waals surface area contributed by atoms with Crippen molar-refractivity contribution < 1.29 is 4.79 Å². The normalized spacial score (nSPS) is 29.1. The molecule has 1 amide bonds. The average molecular weight is 155 g/mol. The zero-order valence-corrected chi connectivity index (χ0v) is 7.85. The fourth-order valence-electron chi connectivity index (χ4n) is 1.53. The maximum absolute atomic E-state index is 11.0. The maximum Gasteiger partial charge on any atom is 0.219 e. The molecule has 1 atom stereocenters. The lowest BCUT2D eigenvalue weighted by Crippen LogP contribution is -2.27. The monoisotopic (exact) mass is 155 g/mol. The van der Waals surface area contributed by atoms with Crippen LogP contribution in [0.2, 0.25) is 0 Å². The minimum atomic E-state index is 0.211. The predicted molar refractivity (Wildman–Crippen MR) is 45.2 cm³/mol. The Hall–Kier alpha value is -0.530. The van der Waals surface area contributed by atoms with E-state index >= 15 is 0 Å². The van der Waals surface area contributed by atoms with Crippen LogP contribution >= 0.6 is 0 Å². The molecular formula is C9H17NO. The summed E-state index contributed by atoms with van der Waals surface area (Å²) >= 11 is 0. The van der Waals surface area contributed by atoms with Gasteiger partial charge in [-0.25, -0.2) is 0 Å². The van der Waals surface area contributed by atoms with Crippen LogP contribution in [-0.4, -0.2) is 23.9 Å². The second kappa shape index (κ2) is 2.50. The number of rotatable bonds is 0. The van der Waals surface area contributed by atoms with Gasteiger partial charge in [0, 0.05) is 20.0 Å². The van der Waals surface area contributed by atoms with Crippen molar-refractivity contribution in [3.8, 4) is 0 Å². The molecule has 1 aliphatic rings. The molecule has 1 fully saturated rings. The van der Waals surface area contributed by atoms with E-state index < -0.39 is 0 Å². The third-order valence-electron chi connectivity index (χ3n) is 2.87. The summed E-state index contributed by atoms with van der Waals surface area (Å²) in [6, 6.07) is 0. The van der Waals surface area contributed by atoms with E-state index in [-0.39, 0.29) is 5.91 Å². The van der Waals surface area contributed by atoms with Gasteiger partial charge in [0.25, 0.3) is 0 Å². The van der Waals surface area contributed by atoms with Crippen LogP contribution in [0.15, 0.2) is 0 Å². The average Bonchev–Trinajstić information content (AvgIpc) is 2.08. The van der Waals surface area contributed by atoms with E-state index in [1.807, 2.05) is 4.90 Å². The number of amides is 1. The molecule has 1 rings (SSSR count). The Morgan fingerprint density at radius 2 is 2.09 bits per heavy atom. The topological polar surface area (TPSA) is 20.3 Å². The summed E-state index contributed by atoms with van der Waals surface area (Å²) in [7, 11) is 0. The summed E-state index contributed by atoms with van der Waals surface area (Å²) in [6.45, 7) is 10.2. The summed E-state index contributed by atoms with van der Waals surface area (Å²) in [5.41, 5.74) is 0.311. The van der Waals surface area contributed by atoms with E-state index in [1.165, 1.54) is 0 Å². The van der Waals surface area contributed by atoms with E-state index in [0.29, 0.717) is 11.3 Å². The Kier molecular flexibility index (Phi) is 1.95. The molecule has 11 heavy (non-hydrogen) atoms. The first kappa shape index (κ1) is 8.57. The minimum absolute atomic E-state index is 0.211. The van der Waals surface area contributed by atoms with Crippen LogP contribution in [0.25, 0.3) is 0 Å². The van der Waals surface area contributed by atoms with Crippen molar-refractivity contribution in [3.05, 3.63) is 0 Å². The van der Waals surface area contributed by atoms with Gasteiger partial charge >= 0.3 is 0 Å². The van der Waals surface area contributed by atoms with Gasteiger partial charge in [0.15, 0.2) is 0 Å². The van der Waals surface area contributed by atoms with Crippen LogP contribution < -0.4 is 0 Å². The molecule has 0 bridgehead atoms. The number of hydrogen-bond donors (Lipinski definition) is 0. The Morgan fingerprint density at radius 3 is 2.27 bits per heavy atom. The molecule has 0 aromatic rings. The second-order valence-electron chi connectivity index (χ2n) is 4.29. The molecule has 1 saturated heterocycles. The highest BCUT2D eigenvalue weighted by Crippen LogP contribution is 2.34. The van der Waals surface area contributed by atoms with Crippen LogP contribution in [0, 0.1) is 11.3 Å². The van der Waals surface area contributed by atoms with Gasteiger partial charge in [0.2, 0.25) is 5.91 Å². The Bertz CT molecular complexity index is 174. The quantitative estimate of drug-likeness (QED) is 0.519. The highest BCUT2D eigenvalue weighted by atomic mass is 16.2. The number of carbonyl (C=O) groups is 1. The Balaban J connectivity index is 2.64. The molecule has 0 aromatic heterocycles. The van der Waals surface area contributed by atoms with Gasteiger partial charge in [-0.15, -0.1) is 0 Å². The minimum Gasteiger partial charge on any atom is -0.342 e. The van der Waals surface area contributed by atoms with Crippen molar-refractivity contribution in [2.24, 2.45) is 11.3 Å². The van der Waals surface area contributed by atoms with E-state index in [1.54, 1.807) is 6.92 Å². The molecule has 2 heteroatoms. The zero-order valence-electron chi connectivity index (χ0n) is 7.85. The van der Waals surface area contributed by atoms with Gasteiger partial charge in [0.05, 0.1) is 0 Å². The van der Waals surface area contributed by atoms with Crippen LogP contribution in [-0.2, 0) is 4.79 Å². The van der Waals surface area contributed by atoms with Crippen LogP contribution in [0.4, 0.5) is 0 Å². The summed E-state index contributed by atoms with van der Waals surface area (Å²) in [6.07, 6.45) is 0. The summed E-state index contributed by atoms with van der Waals surface area (Å²) in [5, 5.41) is 0. The first-order valence-corrected chi connectivity index (χ1v) is 4.19. The number of likely N-dealkylation sites (tertiary alicyclic amines) is 1. The molecule has 0 unspecified atom stereocenters. The SMILES string of the molecule is CC(=O)N1C[C@H](C)C(C)(C)C1. The first-order chi connectivity index (χ1) is 4.93. The number of carbonyl (C=O) groups excluding carboxylic acids is 1. The van der Waals surface area contributed by atoms with Crippen molar-refractivity contribution in [1.82, 2.24) is 4.90 Å². The number of hydrogen-bond acceptors (Lipinski definition) is 1. The number of nitrogens with zero attached hydrogens (tertiary/aromatic N) is 1. The van der Waals surface area contributed by atoms with E-state index in [2.05, 4.69) is 20.8 Å². The molecule has 1 heterocycles. The zero-order chi connectivity index (χ0) is 8.65. The van der Waals surface area contributed by atoms with E-state index in [9.17, 15) is 4.79 Å². The Labute approximate surface area is 68.6 Å². The standard InChI is InChI=1S/C9H17NO/c1-7-5-10(8(2)11)6-9(7,3)4/h7H,5-6H2,1-4H3/t7-/m0/s1.